The number of nitrogens with two attached hydrogens (primary N) is 1. The largest absolute Gasteiger partial charge is 0.375 e. The SMILES string of the molecule is CC1CN(C(N)=NCCC2(C)OCCO2)CCO1. The summed E-state index contributed by atoms with van der Waals surface area (Å²) in [5, 5.41) is 0. The Morgan fingerprint density at radius 2 is 2.11 bits per heavy atom. The van der Waals surface area contributed by atoms with Gasteiger partial charge >= 0.3 is 0 Å². The van der Waals surface area contributed by atoms with Crippen LogP contribution in [0.3, 0.4) is 0 Å². The summed E-state index contributed by atoms with van der Waals surface area (Å²) >= 11 is 0. The van der Waals surface area contributed by atoms with Gasteiger partial charge in [0, 0.05) is 26.1 Å². The van der Waals surface area contributed by atoms with Gasteiger partial charge in [0.15, 0.2) is 11.7 Å². The zero-order valence-electron chi connectivity index (χ0n) is 11.2. The molecule has 0 saturated carbocycles. The molecule has 2 heterocycles. The third-order valence-corrected chi connectivity index (χ3v) is 3.30. The van der Waals surface area contributed by atoms with Crippen LogP contribution in [0.4, 0.5) is 0 Å². The lowest BCUT2D eigenvalue weighted by Gasteiger charge is -2.32. The fourth-order valence-corrected chi connectivity index (χ4v) is 2.20. The van der Waals surface area contributed by atoms with E-state index in [9.17, 15) is 0 Å². The summed E-state index contributed by atoms with van der Waals surface area (Å²) in [6, 6.07) is 0. The lowest BCUT2D eigenvalue weighted by molar-refractivity contribution is -0.144. The van der Waals surface area contributed by atoms with Crippen LogP contribution in [0.15, 0.2) is 4.99 Å². The number of rotatable bonds is 3. The second-order valence-electron chi connectivity index (χ2n) is 4.95. The Hall–Kier alpha value is -0.850. The number of hydrogen-bond acceptors (Lipinski definition) is 4. The lowest BCUT2D eigenvalue weighted by atomic mass is 10.2. The predicted octanol–water partition coefficient (Wildman–Crippen LogP) is 0.175. The highest BCUT2D eigenvalue weighted by Crippen LogP contribution is 2.22. The van der Waals surface area contributed by atoms with Crippen molar-refractivity contribution in [1.29, 1.82) is 0 Å². The second kappa shape index (κ2) is 5.86. The van der Waals surface area contributed by atoms with Crippen molar-refractivity contribution in [2.75, 3.05) is 39.5 Å². The fourth-order valence-electron chi connectivity index (χ4n) is 2.20. The van der Waals surface area contributed by atoms with Crippen molar-refractivity contribution in [3.8, 4) is 0 Å². The van der Waals surface area contributed by atoms with Crippen LogP contribution in [0, 0.1) is 0 Å². The van der Waals surface area contributed by atoms with E-state index in [1.807, 2.05) is 13.8 Å². The molecule has 6 heteroatoms. The highest BCUT2D eigenvalue weighted by Gasteiger charge is 2.30. The quantitative estimate of drug-likeness (QED) is 0.577. The average molecular weight is 257 g/mol. The monoisotopic (exact) mass is 257 g/mol. The number of hydrogen-bond donors (Lipinski definition) is 1. The van der Waals surface area contributed by atoms with Gasteiger partial charge < -0.3 is 24.8 Å². The molecular formula is C12H23N3O3. The first kappa shape index (κ1) is 13.6. The molecule has 2 N–H and O–H groups in total. The van der Waals surface area contributed by atoms with Gasteiger partial charge in [-0.2, -0.15) is 0 Å². The Bertz CT molecular complexity index is 303. The Kier molecular flexibility index (Phi) is 4.42. The van der Waals surface area contributed by atoms with E-state index in [0.29, 0.717) is 32.3 Å². The number of aliphatic imine (C=N–C) groups is 1. The van der Waals surface area contributed by atoms with Crippen LogP contribution < -0.4 is 5.73 Å². The summed E-state index contributed by atoms with van der Waals surface area (Å²) in [6.07, 6.45) is 0.944. The Morgan fingerprint density at radius 3 is 2.78 bits per heavy atom. The number of nitrogens with zero attached hydrogens (tertiary/aromatic N) is 2. The third kappa shape index (κ3) is 3.57. The molecule has 0 aromatic carbocycles. The molecule has 0 aromatic heterocycles. The van der Waals surface area contributed by atoms with Crippen molar-refractivity contribution in [3.63, 3.8) is 0 Å². The molecular weight excluding hydrogens is 234 g/mol. The van der Waals surface area contributed by atoms with Crippen molar-refractivity contribution in [2.45, 2.75) is 32.2 Å². The molecule has 2 fully saturated rings. The second-order valence-corrected chi connectivity index (χ2v) is 4.95. The summed E-state index contributed by atoms with van der Waals surface area (Å²) in [5.41, 5.74) is 5.98. The topological polar surface area (TPSA) is 69.3 Å². The van der Waals surface area contributed by atoms with Crippen LogP contribution in [-0.4, -0.2) is 62.2 Å². The molecule has 2 saturated heterocycles. The smallest absolute Gasteiger partial charge is 0.191 e. The summed E-state index contributed by atoms with van der Waals surface area (Å²) in [5.74, 6) is 0.106. The van der Waals surface area contributed by atoms with Crippen molar-refractivity contribution in [1.82, 2.24) is 4.90 Å². The zero-order chi connectivity index (χ0) is 13.0. The van der Waals surface area contributed by atoms with Crippen molar-refractivity contribution >= 4 is 5.96 Å². The average Bonchev–Trinajstić information content (AvgIpc) is 2.76. The lowest BCUT2D eigenvalue weighted by Crippen LogP contribution is -2.48. The van der Waals surface area contributed by atoms with Crippen LogP contribution in [0.2, 0.25) is 0 Å². The van der Waals surface area contributed by atoms with Crippen molar-refractivity contribution in [2.24, 2.45) is 10.7 Å². The summed E-state index contributed by atoms with van der Waals surface area (Å²) in [6.45, 7) is 8.26. The minimum absolute atomic E-state index is 0.214. The van der Waals surface area contributed by atoms with Crippen LogP contribution in [0.5, 0.6) is 0 Å². The highest BCUT2D eigenvalue weighted by atomic mass is 16.7. The maximum atomic E-state index is 5.98. The highest BCUT2D eigenvalue weighted by molar-refractivity contribution is 5.78. The minimum Gasteiger partial charge on any atom is -0.375 e. The first-order valence-electron chi connectivity index (χ1n) is 6.53. The van der Waals surface area contributed by atoms with Gasteiger partial charge in [0.05, 0.1) is 25.9 Å². The zero-order valence-corrected chi connectivity index (χ0v) is 11.2. The van der Waals surface area contributed by atoms with Gasteiger partial charge in [0.25, 0.3) is 0 Å². The van der Waals surface area contributed by atoms with E-state index in [0.717, 1.165) is 19.5 Å². The van der Waals surface area contributed by atoms with E-state index < -0.39 is 5.79 Å². The van der Waals surface area contributed by atoms with Crippen LogP contribution in [0.25, 0.3) is 0 Å². The molecule has 2 aliphatic rings. The molecule has 0 bridgehead atoms. The normalized spacial score (nSPS) is 28.7. The summed E-state index contributed by atoms with van der Waals surface area (Å²) < 4.78 is 16.5. The Morgan fingerprint density at radius 1 is 1.39 bits per heavy atom. The van der Waals surface area contributed by atoms with Crippen molar-refractivity contribution < 1.29 is 14.2 Å². The molecule has 2 rings (SSSR count). The molecule has 18 heavy (non-hydrogen) atoms. The molecule has 0 aromatic rings. The molecule has 0 spiro atoms. The van der Waals surface area contributed by atoms with E-state index in [1.54, 1.807) is 0 Å². The molecule has 0 amide bonds. The van der Waals surface area contributed by atoms with Gasteiger partial charge in [-0.15, -0.1) is 0 Å². The Labute approximate surface area is 108 Å². The predicted molar refractivity (Wildman–Crippen MR) is 68.4 cm³/mol. The van der Waals surface area contributed by atoms with Gasteiger partial charge in [-0.05, 0) is 13.8 Å². The van der Waals surface area contributed by atoms with Gasteiger partial charge in [-0.3, -0.25) is 4.99 Å². The molecule has 1 atom stereocenters. The first-order valence-corrected chi connectivity index (χ1v) is 6.53. The van der Waals surface area contributed by atoms with Crippen LogP contribution >= 0.6 is 0 Å². The van der Waals surface area contributed by atoms with Gasteiger partial charge in [0.2, 0.25) is 0 Å². The van der Waals surface area contributed by atoms with Crippen LogP contribution in [0.1, 0.15) is 20.3 Å². The van der Waals surface area contributed by atoms with E-state index in [4.69, 9.17) is 19.9 Å². The standard InChI is InChI=1S/C12H23N3O3/c1-10-9-15(5-6-16-10)11(13)14-4-3-12(2)17-7-8-18-12/h10H,3-9H2,1-2H3,(H2,13,14). The summed E-state index contributed by atoms with van der Waals surface area (Å²) in [7, 11) is 0. The third-order valence-electron chi connectivity index (χ3n) is 3.30. The van der Waals surface area contributed by atoms with Crippen molar-refractivity contribution in [3.05, 3.63) is 0 Å². The minimum atomic E-state index is -0.484. The van der Waals surface area contributed by atoms with Crippen LogP contribution in [-0.2, 0) is 14.2 Å². The molecule has 0 aliphatic carbocycles. The van der Waals surface area contributed by atoms with Gasteiger partial charge in [-0.25, -0.2) is 0 Å². The van der Waals surface area contributed by atoms with Gasteiger partial charge in [-0.1, -0.05) is 0 Å². The van der Waals surface area contributed by atoms with E-state index in [2.05, 4.69) is 9.89 Å². The fraction of sp³-hybridized carbons (Fsp3) is 0.917. The maximum Gasteiger partial charge on any atom is 0.191 e. The molecule has 6 nitrogen and oxygen atoms in total. The number of ether oxygens (including phenoxy) is 3. The van der Waals surface area contributed by atoms with E-state index in [-0.39, 0.29) is 6.10 Å². The van der Waals surface area contributed by atoms with Gasteiger partial charge in [0.1, 0.15) is 0 Å². The molecule has 2 aliphatic heterocycles. The Balaban J connectivity index is 1.77. The molecule has 104 valence electrons. The maximum absolute atomic E-state index is 5.98. The molecule has 1 unspecified atom stereocenters. The molecule has 0 radical (unpaired) electrons. The van der Waals surface area contributed by atoms with E-state index in [1.165, 1.54) is 0 Å². The first-order chi connectivity index (χ1) is 8.59. The van der Waals surface area contributed by atoms with E-state index >= 15 is 0 Å². The number of guanidine groups is 1. The summed E-state index contributed by atoms with van der Waals surface area (Å²) in [4.78, 5) is 6.46. The number of morpholine rings is 1.